The van der Waals surface area contributed by atoms with Crippen LogP contribution in [0.25, 0.3) is 11.0 Å². The first-order valence-electron chi connectivity index (χ1n) is 10.2. The van der Waals surface area contributed by atoms with Crippen LogP contribution < -0.4 is 10.1 Å². The first kappa shape index (κ1) is 20.3. The highest BCUT2D eigenvalue weighted by Crippen LogP contribution is 2.42. The van der Waals surface area contributed by atoms with E-state index < -0.39 is 9.84 Å². The van der Waals surface area contributed by atoms with Crippen LogP contribution >= 0.6 is 0 Å². The lowest BCUT2D eigenvalue weighted by Crippen LogP contribution is -2.34. The summed E-state index contributed by atoms with van der Waals surface area (Å²) >= 11 is 0. The Morgan fingerprint density at radius 3 is 2.22 bits per heavy atom. The van der Waals surface area contributed by atoms with E-state index in [9.17, 15) is 13.2 Å². The monoisotopic (exact) mass is 447 g/mol. The molecule has 1 amide bonds. The molecule has 0 spiro atoms. The second-order valence-electron chi connectivity index (χ2n) is 7.85. The van der Waals surface area contributed by atoms with Gasteiger partial charge in [0.1, 0.15) is 29.6 Å². The quantitative estimate of drug-likeness (QED) is 0.505. The zero-order valence-corrected chi connectivity index (χ0v) is 18.2. The second-order valence-corrected chi connectivity index (χ2v) is 9.99. The molecule has 0 saturated carbocycles. The summed E-state index contributed by atoms with van der Waals surface area (Å²) in [5.41, 5.74) is 3.10. The molecule has 1 aliphatic rings. The van der Waals surface area contributed by atoms with Crippen molar-refractivity contribution in [1.29, 1.82) is 0 Å². The van der Waals surface area contributed by atoms with E-state index in [-0.39, 0.29) is 24.2 Å². The maximum Gasteiger partial charge on any atom is 0.240 e. The van der Waals surface area contributed by atoms with E-state index in [4.69, 9.17) is 4.74 Å². The molecule has 4 aromatic rings. The Labute approximate surface area is 185 Å². The summed E-state index contributed by atoms with van der Waals surface area (Å²) in [7, 11) is -3.32. The Balaban J connectivity index is 1.49. The molecule has 0 bridgehead atoms. The maximum atomic E-state index is 13.2. The third-order valence-electron chi connectivity index (χ3n) is 5.41. The number of carbonyl (C=O) groups is 1. The van der Waals surface area contributed by atoms with Crippen molar-refractivity contribution in [2.45, 2.75) is 18.3 Å². The molecule has 32 heavy (non-hydrogen) atoms. The number of hydrogen-bond acceptors (Lipinski definition) is 5. The van der Waals surface area contributed by atoms with E-state index >= 15 is 0 Å². The van der Waals surface area contributed by atoms with Crippen LogP contribution in [0.2, 0.25) is 0 Å². The van der Waals surface area contributed by atoms with E-state index in [0.717, 1.165) is 17.4 Å². The fourth-order valence-corrected chi connectivity index (χ4v) is 4.75. The highest BCUT2D eigenvalue weighted by atomic mass is 32.2. The predicted molar refractivity (Wildman–Crippen MR) is 121 cm³/mol. The lowest BCUT2D eigenvalue weighted by molar-refractivity contribution is -0.122. The van der Waals surface area contributed by atoms with Crippen LogP contribution in [0, 0.1) is 0 Å². The smallest absolute Gasteiger partial charge is 0.240 e. The number of nitrogens with one attached hydrogen (secondary N) is 1. The fourth-order valence-electron chi connectivity index (χ4n) is 4.06. The van der Waals surface area contributed by atoms with Crippen molar-refractivity contribution in [1.82, 2.24) is 14.9 Å². The first-order valence-corrected chi connectivity index (χ1v) is 12.2. The normalized spacial score (nSPS) is 13.3. The topological polar surface area (TPSA) is 90.3 Å². The molecule has 5 rings (SSSR count). The zero-order chi connectivity index (χ0) is 22.3. The summed E-state index contributed by atoms with van der Waals surface area (Å²) in [5, 5.41) is 3.11. The number of carbonyl (C=O) groups excluding carboxylic acids is 1. The van der Waals surface area contributed by atoms with Crippen LogP contribution in [0.15, 0.2) is 72.8 Å². The number of rotatable bonds is 5. The lowest BCUT2D eigenvalue weighted by Gasteiger charge is -2.29. The minimum Gasteiger partial charge on any atom is -0.457 e. The third kappa shape index (κ3) is 3.85. The Hall–Kier alpha value is -3.65. The van der Waals surface area contributed by atoms with Crippen LogP contribution in [0.4, 0.5) is 0 Å². The molecule has 0 fully saturated rings. The molecular formula is C24H21N3O4S. The molecule has 0 aliphatic carbocycles. The molecule has 2 heterocycles. The fraction of sp³-hybridized carbons (Fsp3) is 0.167. The van der Waals surface area contributed by atoms with Gasteiger partial charge in [0.25, 0.3) is 0 Å². The number of aromatic nitrogens is 2. The molecule has 7 nitrogen and oxygen atoms in total. The highest BCUT2D eigenvalue weighted by molar-refractivity contribution is 7.89. The molecule has 8 heteroatoms. The van der Waals surface area contributed by atoms with Gasteiger partial charge in [-0.2, -0.15) is 0 Å². The Morgan fingerprint density at radius 1 is 0.969 bits per heavy atom. The number of nitrogens with zero attached hydrogens (tertiary/aromatic N) is 2. The second kappa shape index (κ2) is 7.80. The average molecular weight is 448 g/mol. The van der Waals surface area contributed by atoms with Crippen LogP contribution in [0.5, 0.6) is 11.5 Å². The van der Waals surface area contributed by atoms with Crippen LogP contribution in [0.1, 0.15) is 23.0 Å². The number of hydrogen-bond donors (Lipinski definition) is 1. The number of sulfone groups is 1. The highest BCUT2D eigenvalue weighted by Gasteiger charge is 2.28. The summed E-state index contributed by atoms with van der Waals surface area (Å²) in [6.45, 7) is -0.0486. The number of amides is 1. The molecule has 1 aromatic heterocycles. The third-order valence-corrected chi connectivity index (χ3v) is 6.19. The zero-order valence-electron chi connectivity index (χ0n) is 17.4. The summed E-state index contributed by atoms with van der Waals surface area (Å²) in [6.07, 6.45) is 1.16. The van der Waals surface area contributed by atoms with Crippen LogP contribution in [0.3, 0.4) is 0 Å². The van der Waals surface area contributed by atoms with E-state index in [2.05, 4.69) is 10.3 Å². The SMILES string of the molecule is CS(=O)(=O)Cc1nc2ccccc2n1CC(=O)NC1c2ccccc2Oc2ccccc21. The number of para-hydroxylation sites is 4. The Morgan fingerprint density at radius 2 is 1.56 bits per heavy atom. The van der Waals surface area contributed by atoms with Crippen molar-refractivity contribution >= 4 is 26.8 Å². The van der Waals surface area contributed by atoms with Gasteiger partial charge in [0.15, 0.2) is 9.84 Å². The molecule has 1 N–H and O–H groups in total. The van der Waals surface area contributed by atoms with Crippen LogP contribution in [-0.4, -0.2) is 30.1 Å². The van der Waals surface area contributed by atoms with Crippen LogP contribution in [-0.2, 0) is 26.9 Å². The number of fused-ring (bicyclic) bond motifs is 3. The van der Waals surface area contributed by atoms with Gasteiger partial charge in [-0.25, -0.2) is 13.4 Å². The van der Waals surface area contributed by atoms with Gasteiger partial charge >= 0.3 is 0 Å². The van der Waals surface area contributed by atoms with Crippen molar-refractivity contribution in [3.8, 4) is 11.5 Å². The molecule has 0 saturated heterocycles. The summed E-state index contributed by atoms with van der Waals surface area (Å²) < 4.78 is 31.5. The molecule has 0 unspecified atom stereocenters. The molecule has 0 atom stereocenters. The summed E-state index contributed by atoms with van der Waals surface area (Å²) in [6, 6.07) is 22.1. The van der Waals surface area contributed by atoms with Crippen molar-refractivity contribution in [3.63, 3.8) is 0 Å². The standard InChI is InChI=1S/C24H21N3O4S/c1-32(29,30)15-22-25-18-10-4-5-11-19(18)27(22)14-23(28)26-24-16-8-2-6-12-20(16)31-21-13-7-3-9-17(21)24/h2-13,24H,14-15H2,1H3,(H,26,28). The summed E-state index contributed by atoms with van der Waals surface area (Å²) in [5.74, 6) is 1.25. The van der Waals surface area contributed by atoms with Gasteiger partial charge < -0.3 is 14.6 Å². The van der Waals surface area contributed by atoms with Gasteiger partial charge in [0.2, 0.25) is 5.91 Å². The molecule has 162 valence electrons. The summed E-state index contributed by atoms with van der Waals surface area (Å²) in [4.78, 5) is 17.7. The largest absolute Gasteiger partial charge is 0.457 e. The van der Waals surface area contributed by atoms with Gasteiger partial charge in [-0.15, -0.1) is 0 Å². The van der Waals surface area contributed by atoms with E-state index in [0.29, 0.717) is 28.4 Å². The van der Waals surface area contributed by atoms with E-state index in [1.165, 1.54) is 0 Å². The van der Waals surface area contributed by atoms with Crippen molar-refractivity contribution in [2.24, 2.45) is 0 Å². The minimum absolute atomic E-state index is 0.0486. The van der Waals surface area contributed by atoms with Gasteiger partial charge in [0, 0.05) is 17.4 Å². The minimum atomic E-state index is -3.32. The van der Waals surface area contributed by atoms with E-state index in [1.54, 1.807) is 10.6 Å². The average Bonchev–Trinajstić information content (AvgIpc) is 3.09. The van der Waals surface area contributed by atoms with Crippen molar-refractivity contribution < 1.29 is 17.9 Å². The van der Waals surface area contributed by atoms with Crippen molar-refractivity contribution in [2.75, 3.05) is 6.26 Å². The molecule has 3 aromatic carbocycles. The Bertz CT molecular complexity index is 1400. The van der Waals surface area contributed by atoms with Gasteiger partial charge in [-0.05, 0) is 24.3 Å². The number of imidazole rings is 1. The van der Waals surface area contributed by atoms with E-state index in [1.807, 2.05) is 66.7 Å². The molecule has 1 aliphatic heterocycles. The number of ether oxygens (including phenoxy) is 1. The van der Waals surface area contributed by atoms with Gasteiger partial charge in [-0.3, -0.25) is 4.79 Å². The van der Waals surface area contributed by atoms with Crippen molar-refractivity contribution in [3.05, 3.63) is 89.7 Å². The maximum absolute atomic E-state index is 13.2. The molecule has 0 radical (unpaired) electrons. The lowest BCUT2D eigenvalue weighted by atomic mass is 9.94. The Kier molecular flexibility index (Phi) is 4.94. The molecular weight excluding hydrogens is 426 g/mol. The van der Waals surface area contributed by atoms with Gasteiger partial charge in [0.05, 0.1) is 17.1 Å². The van der Waals surface area contributed by atoms with Gasteiger partial charge in [-0.1, -0.05) is 48.5 Å². The number of benzene rings is 3. The first-order chi connectivity index (χ1) is 15.4. The predicted octanol–water partition coefficient (Wildman–Crippen LogP) is 3.59.